The molecule has 3 N–H and O–H groups in total. The van der Waals surface area contributed by atoms with E-state index in [0.29, 0.717) is 19.6 Å². The molecule has 0 spiro atoms. The Hall–Kier alpha value is -1.65. The van der Waals surface area contributed by atoms with Gasteiger partial charge in [0.05, 0.1) is 19.6 Å². The smallest absolute Gasteiger partial charge is 0.238 e. The maximum absolute atomic E-state index is 11.0. The molecule has 1 aromatic carbocycles. The van der Waals surface area contributed by atoms with Crippen molar-refractivity contribution in [2.45, 2.75) is 19.4 Å². The average molecular weight is 234 g/mol. The molecule has 4 heteroatoms. The van der Waals surface area contributed by atoms with Gasteiger partial charge in [-0.15, -0.1) is 6.58 Å². The Morgan fingerprint density at radius 3 is 2.59 bits per heavy atom. The van der Waals surface area contributed by atoms with Gasteiger partial charge in [-0.05, 0) is 17.5 Å². The van der Waals surface area contributed by atoms with E-state index in [4.69, 9.17) is 10.6 Å². The van der Waals surface area contributed by atoms with Crippen LogP contribution in [0.2, 0.25) is 0 Å². The minimum atomic E-state index is -0.194. The van der Waals surface area contributed by atoms with Gasteiger partial charge in [-0.25, -0.2) is 5.84 Å². The molecule has 0 fully saturated rings. The fraction of sp³-hybridized carbons (Fsp3) is 0.308. The van der Waals surface area contributed by atoms with Gasteiger partial charge < -0.3 is 4.74 Å². The Bertz CT molecular complexity index is 360. The summed E-state index contributed by atoms with van der Waals surface area (Å²) in [5.41, 5.74) is 4.13. The zero-order valence-corrected chi connectivity index (χ0v) is 9.82. The molecular formula is C13H18N2O2. The third-order valence-corrected chi connectivity index (χ3v) is 2.28. The van der Waals surface area contributed by atoms with Crippen LogP contribution in [-0.2, 0) is 22.6 Å². The minimum Gasteiger partial charge on any atom is -0.376 e. The number of carbonyl (C=O) groups excluding carboxylic acids is 1. The van der Waals surface area contributed by atoms with Crippen LogP contribution in [0.1, 0.15) is 17.5 Å². The van der Waals surface area contributed by atoms with Gasteiger partial charge in [-0.3, -0.25) is 10.2 Å². The number of ether oxygens (including phenoxy) is 1. The van der Waals surface area contributed by atoms with Crippen molar-refractivity contribution >= 4 is 5.91 Å². The fourth-order valence-corrected chi connectivity index (χ4v) is 1.35. The first-order valence-electron chi connectivity index (χ1n) is 5.52. The highest BCUT2D eigenvalue weighted by Crippen LogP contribution is 2.06. The summed E-state index contributed by atoms with van der Waals surface area (Å²) >= 11 is 0. The zero-order valence-electron chi connectivity index (χ0n) is 9.82. The monoisotopic (exact) mass is 234 g/mol. The largest absolute Gasteiger partial charge is 0.376 e. The van der Waals surface area contributed by atoms with E-state index in [2.05, 4.69) is 12.0 Å². The second kappa shape index (κ2) is 7.60. The van der Waals surface area contributed by atoms with Crippen molar-refractivity contribution in [3.05, 3.63) is 48.0 Å². The summed E-state index contributed by atoms with van der Waals surface area (Å²) in [5.74, 6) is 4.82. The van der Waals surface area contributed by atoms with E-state index in [1.54, 1.807) is 0 Å². The highest BCUT2D eigenvalue weighted by molar-refractivity contribution is 5.77. The Kier molecular flexibility index (Phi) is 5.99. The second-order valence-electron chi connectivity index (χ2n) is 3.69. The summed E-state index contributed by atoms with van der Waals surface area (Å²) in [6, 6.07) is 7.71. The van der Waals surface area contributed by atoms with Crippen LogP contribution in [0.3, 0.4) is 0 Å². The molecule has 0 saturated heterocycles. The quantitative estimate of drug-likeness (QED) is 0.246. The third kappa shape index (κ3) is 5.29. The summed E-state index contributed by atoms with van der Waals surface area (Å²) in [5, 5.41) is 0. The lowest BCUT2D eigenvalue weighted by molar-refractivity contribution is -0.120. The molecule has 0 unspecified atom stereocenters. The fourth-order valence-electron chi connectivity index (χ4n) is 1.35. The van der Waals surface area contributed by atoms with E-state index in [0.717, 1.165) is 17.5 Å². The molecular weight excluding hydrogens is 216 g/mol. The lowest BCUT2D eigenvalue weighted by atomic mass is 10.1. The number of rotatable bonds is 7. The minimum absolute atomic E-state index is 0.194. The summed E-state index contributed by atoms with van der Waals surface area (Å²) in [7, 11) is 0. The third-order valence-electron chi connectivity index (χ3n) is 2.28. The summed E-state index contributed by atoms with van der Waals surface area (Å²) in [6.07, 6.45) is 2.98. The normalized spacial score (nSPS) is 9.94. The van der Waals surface area contributed by atoms with Crippen LogP contribution in [0, 0.1) is 0 Å². The van der Waals surface area contributed by atoms with Crippen molar-refractivity contribution in [1.82, 2.24) is 5.43 Å². The Balaban J connectivity index is 2.39. The Morgan fingerprint density at radius 2 is 2.00 bits per heavy atom. The molecule has 0 aromatic heterocycles. The molecule has 1 amide bonds. The maximum Gasteiger partial charge on any atom is 0.238 e. The van der Waals surface area contributed by atoms with Crippen LogP contribution < -0.4 is 11.3 Å². The number of hydrogen-bond acceptors (Lipinski definition) is 3. The van der Waals surface area contributed by atoms with Gasteiger partial charge in [0.1, 0.15) is 0 Å². The lowest BCUT2D eigenvalue weighted by Gasteiger charge is -2.04. The number of amides is 1. The number of hydrazine groups is 1. The van der Waals surface area contributed by atoms with Crippen molar-refractivity contribution in [3.8, 4) is 0 Å². The molecule has 17 heavy (non-hydrogen) atoms. The van der Waals surface area contributed by atoms with Crippen LogP contribution >= 0.6 is 0 Å². The highest BCUT2D eigenvalue weighted by Gasteiger charge is 2.01. The van der Waals surface area contributed by atoms with Crippen LogP contribution in [0.15, 0.2) is 36.9 Å². The SMILES string of the molecule is C=CCCOCc1ccc(CC(=O)NN)cc1. The van der Waals surface area contributed by atoms with Crippen LogP contribution in [-0.4, -0.2) is 12.5 Å². The lowest BCUT2D eigenvalue weighted by Crippen LogP contribution is -2.31. The van der Waals surface area contributed by atoms with E-state index in [1.165, 1.54) is 0 Å². The van der Waals surface area contributed by atoms with Crippen LogP contribution in [0.5, 0.6) is 0 Å². The first-order chi connectivity index (χ1) is 8.26. The van der Waals surface area contributed by atoms with Crippen molar-refractivity contribution in [2.24, 2.45) is 5.84 Å². The highest BCUT2D eigenvalue weighted by atomic mass is 16.5. The molecule has 0 bridgehead atoms. The van der Waals surface area contributed by atoms with E-state index < -0.39 is 0 Å². The molecule has 92 valence electrons. The number of nitrogens with two attached hydrogens (primary N) is 1. The van der Waals surface area contributed by atoms with Gasteiger partial charge in [0.25, 0.3) is 0 Å². The standard InChI is InChI=1S/C13H18N2O2/c1-2-3-8-17-10-12-6-4-11(5-7-12)9-13(16)15-14/h2,4-7H,1,3,8-10,14H2,(H,15,16). The van der Waals surface area contributed by atoms with E-state index in [-0.39, 0.29) is 5.91 Å². The zero-order chi connectivity index (χ0) is 12.5. The summed E-state index contributed by atoms with van der Waals surface area (Å²) in [4.78, 5) is 11.0. The van der Waals surface area contributed by atoms with Gasteiger partial charge in [-0.2, -0.15) is 0 Å². The van der Waals surface area contributed by atoms with Gasteiger partial charge in [-0.1, -0.05) is 30.3 Å². The maximum atomic E-state index is 11.0. The number of carbonyl (C=O) groups is 1. The summed E-state index contributed by atoms with van der Waals surface area (Å²) in [6.45, 7) is 4.89. The van der Waals surface area contributed by atoms with Gasteiger partial charge in [0.15, 0.2) is 0 Å². The van der Waals surface area contributed by atoms with Gasteiger partial charge in [0, 0.05) is 0 Å². The van der Waals surface area contributed by atoms with Crippen molar-refractivity contribution in [2.75, 3.05) is 6.61 Å². The molecule has 0 heterocycles. The first kappa shape index (κ1) is 13.4. The summed E-state index contributed by atoms with van der Waals surface area (Å²) < 4.78 is 5.43. The molecule has 0 aliphatic carbocycles. The molecule has 4 nitrogen and oxygen atoms in total. The number of hydrogen-bond donors (Lipinski definition) is 2. The Labute approximate surface area is 101 Å². The van der Waals surface area contributed by atoms with Crippen molar-refractivity contribution in [3.63, 3.8) is 0 Å². The molecule has 0 aliphatic rings. The number of benzene rings is 1. The molecule has 0 aliphatic heterocycles. The molecule has 0 atom stereocenters. The van der Waals surface area contributed by atoms with Gasteiger partial charge in [0.2, 0.25) is 5.91 Å². The van der Waals surface area contributed by atoms with Gasteiger partial charge >= 0.3 is 0 Å². The molecule has 0 radical (unpaired) electrons. The van der Waals surface area contributed by atoms with E-state index in [9.17, 15) is 4.79 Å². The predicted molar refractivity (Wildman–Crippen MR) is 66.9 cm³/mol. The number of nitrogens with one attached hydrogen (secondary N) is 1. The average Bonchev–Trinajstić information content (AvgIpc) is 2.36. The Morgan fingerprint density at radius 1 is 1.35 bits per heavy atom. The second-order valence-corrected chi connectivity index (χ2v) is 3.69. The molecule has 1 rings (SSSR count). The molecule has 0 saturated carbocycles. The van der Waals surface area contributed by atoms with Crippen molar-refractivity contribution < 1.29 is 9.53 Å². The van der Waals surface area contributed by atoms with Crippen LogP contribution in [0.25, 0.3) is 0 Å². The predicted octanol–water partition coefficient (Wildman–Crippen LogP) is 1.31. The first-order valence-corrected chi connectivity index (χ1v) is 5.52. The van der Waals surface area contributed by atoms with E-state index >= 15 is 0 Å². The molecule has 1 aromatic rings. The van der Waals surface area contributed by atoms with Crippen LogP contribution in [0.4, 0.5) is 0 Å². The topological polar surface area (TPSA) is 64.3 Å². The van der Waals surface area contributed by atoms with E-state index in [1.807, 2.05) is 30.3 Å². The van der Waals surface area contributed by atoms with Crippen molar-refractivity contribution in [1.29, 1.82) is 0 Å².